The topological polar surface area (TPSA) is 97.0 Å². The van der Waals surface area contributed by atoms with Crippen molar-refractivity contribution in [3.8, 4) is 0 Å². The van der Waals surface area contributed by atoms with E-state index in [1.165, 1.54) is 6.33 Å². The van der Waals surface area contributed by atoms with Crippen LogP contribution in [0.1, 0.15) is 41.7 Å². The molecule has 0 aliphatic heterocycles. The van der Waals surface area contributed by atoms with Crippen LogP contribution >= 0.6 is 0 Å². The van der Waals surface area contributed by atoms with Gasteiger partial charge < -0.3 is 15.0 Å². The van der Waals surface area contributed by atoms with Crippen molar-refractivity contribution in [2.75, 3.05) is 0 Å². The summed E-state index contributed by atoms with van der Waals surface area (Å²) < 4.78 is 5.28. The number of hydrogen-bond acceptors (Lipinski definition) is 5. The number of nitrogens with zero attached hydrogens (tertiary/aromatic N) is 2. The van der Waals surface area contributed by atoms with Crippen LogP contribution in [0.15, 0.2) is 48.9 Å². The lowest BCUT2D eigenvalue weighted by Crippen LogP contribution is -2.39. The second-order valence-electron chi connectivity index (χ2n) is 7.08. The fraction of sp³-hybridized carbons (Fsp3) is 0.333. The Balaban J connectivity index is 1.28. The summed E-state index contributed by atoms with van der Waals surface area (Å²) in [5.41, 5.74) is 2.10. The molecule has 0 spiro atoms. The third-order valence-corrected chi connectivity index (χ3v) is 5.22. The van der Waals surface area contributed by atoms with Gasteiger partial charge in [0, 0.05) is 23.5 Å². The van der Waals surface area contributed by atoms with Gasteiger partial charge in [-0.2, -0.15) is 0 Å². The number of Topliss-reactive ketones (excluding diaryl/α,β-unsaturated/α-hetero) is 1. The molecule has 1 fully saturated rings. The third-order valence-electron chi connectivity index (χ3n) is 5.22. The molecular weight excluding hydrogens is 356 g/mol. The fourth-order valence-corrected chi connectivity index (χ4v) is 3.69. The van der Waals surface area contributed by atoms with E-state index in [-0.39, 0.29) is 24.3 Å². The molecule has 1 aliphatic carbocycles. The van der Waals surface area contributed by atoms with Gasteiger partial charge in [-0.25, -0.2) is 14.8 Å². The lowest BCUT2D eigenvalue weighted by Gasteiger charge is -2.27. The minimum Gasteiger partial charge on any atom is -0.445 e. The van der Waals surface area contributed by atoms with Crippen molar-refractivity contribution >= 4 is 22.9 Å². The number of benzene rings is 1. The van der Waals surface area contributed by atoms with Gasteiger partial charge in [0.05, 0.1) is 0 Å². The van der Waals surface area contributed by atoms with E-state index in [0.29, 0.717) is 11.3 Å². The summed E-state index contributed by atoms with van der Waals surface area (Å²) in [5.74, 6) is -0.0245. The first-order valence-electron chi connectivity index (χ1n) is 9.50. The Morgan fingerprint density at radius 3 is 2.64 bits per heavy atom. The van der Waals surface area contributed by atoms with Crippen molar-refractivity contribution < 1.29 is 14.3 Å². The minimum absolute atomic E-state index is 0.0324. The maximum absolute atomic E-state index is 12.9. The number of aromatic amines is 1. The Bertz CT molecular complexity index is 962. The van der Waals surface area contributed by atoms with Crippen LogP contribution in [0, 0.1) is 5.92 Å². The van der Waals surface area contributed by atoms with Crippen LogP contribution in [-0.2, 0) is 11.3 Å². The molecule has 1 aliphatic rings. The first-order valence-corrected chi connectivity index (χ1v) is 9.50. The molecule has 7 heteroatoms. The Labute approximate surface area is 162 Å². The molecule has 0 bridgehead atoms. The number of alkyl carbamates (subject to hydrolysis) is 1. The molecular formula is C21H22N4O3. The first kappa shape index (κ1) is 18.2. The highest BCUT2D eigenvalue weighted by Crippen LogP contribution is 2.28. The summed E-state index contributed by atoms with van der Waals surface area (Å²) in [6.07, 6.45) is 5.70. The molecule has 0 saturated heterocycles. The lowest BCUT2D eigenvalue weighted by molar-refractivity contribution is 0.0872. The van der Waals surface area contributed by atoms with Gasteiger partial charge >= 0.3 is 6.09 Å². The van der Waals surface area contributed by atoms with Crippen LogP contribution in [0.25, 0.3) is 11.0 Å². The van der Waals surface area contributed by atoms with Crippen LogP contribution in [0.5, 0.6) is 0 Å². The zero-order valence-corrected chi connectivity index (χ0v) is 15.4. The predicted molar refractivity (Wildman–Crippen MR) is 104 cm³/mol. The van der Waals surface area contributed by atoms with E-state index in [0.717, 1.165) is 36.6 Å². The Morgan fingerprint density at radius 1 is 1.07 bits per heavy atom. The molecule has 0 radical (unpaired) electrons. The Kier molecular flexibility index (Phi) is 5.32. The summed E-state index contributed by atoms with van der Waals surface area (Å²) in [4.78, 5) is 36.2. The van der Waals surface area contributed by atoms with Gasteiger partial charge in [-0.1, -0.05) is 30.3 Å². The number of fused-ring (bicyclic) bond motifs is 1. The van der Waals surface area contributed by atoms with Gasteiger partial charge in [0.15, 0.2) is 5.78 Å². The van der Waals surface area contributed by atoms with Crippen LogP contribution in [0.4, 0.5) is 4.79 Å². The molecule has 4 rings (SSSR count). The largest absolute Gasteiger partial charge is 0.445 e. The minimum atomic E-state index is -0.413. The van der Waals surface area contributed by atoms with Gasteiger partial charge in [0.2, 0.25) is 0 Å². The van der Waals surface area contributed by atoms with Crippen LogP contribution < -0.4 is 5.32 Å². The quantitative estimate of drug-likeness (QED) is 0.661. The van der Waals surface area contributed by atoms with E-state index < -0.39 is 6.09 Å². The molecule has 1 aromatic carbocycles. The number of carbonyl (C=O) groups excluding carboxylic acids is 2. The van der Waals surface area contributed by atoms with Crippen LogP contribution in [0.2, 0.25) is 0 Å². The zero-order chi connectivity index (χ0) is 19.3. The van der Waals surface area contributed by atoms with Gasteiger partial charge in [-0.15, -0.1) is 0 Å². The number of ether oxygens (including phenoxy) is 1. The SMILES string of the molecule is O=C(NC1CCC(C(=O)c2ncnc3[nH]ccc23)CC1)OCc1ccccc1. The molecule has 2 heterocycles. The fourth-order valence-electron chi connectivity index (χ4n) is 3.69. The predicted octanol–water partition coefficient (Wildman–Crippen LogP) is 3.63. The zero-order valence-electron chi connectivity index (χ0n) is 15.4. The normalized spacial score (nSPS) is 19.3. The van der Waals surface area contributed by atoms with E-state index in [9.17, 15) is 9.59 Å². The van der Waals surface area contributed by atoms with Gasteiger partial charge in [0.25, 0.3) is 0 Å². The molecule has 28 heavy (non-hydrogen) atoms. The molecule has 3 aromatic rings. The molecule has 1 saturated carbocycles. The van der Waals surface area contributed by atoms with Crippen molar-refractivity contribution in [1.29, 1.82) is 0 Å². The smallest absolute Gasteiger partial charge is 0.407 e. The van der Waals surface area contributed by atoms with E-state index >= 15 is 0 Å². The van der Waals surface area contributed by atoms with Crippen LogP contribution in [0.3, 0.4) is 0 Å². The number of hydrogen-bond donors (Lipinski definition) is 2. The number of H-pyrrole nitrogens is 1. The van der Waals surface area contributed by atoms with Gasteiger partial charge in [-0.3, -0.25) is 4.79 Å². The number of aromatic nitrogens is 3. The highest BCUT2D eigenvalue weighted by molar-refractivity contribution is 6.06. The monoisotopic (exact) mass is 378 g/mol. The standard InChI is InChI=1S/C21H22N4O3/c26-19(18-17-10-11-22-20(17)24-13-23-18)15-6-8-16(9-7-15)25-21(27)28-12-14-4-2-1-3-5-14/h1-5,10-11,13,15-16H,6-9,12H2,(H,25,27)(H,22,23,24). The number of amides is 1. The average Bonchev–Trinajstić information content (AvgIpc) is 3.22. The van der Waals surface area contributed by atoms with Crippen molar-refractivity contribution in [3.63, 3.8) is 0 Å². The van der Waals surface area contributed by atoms with E-state index in [1.54, 1.807) is 6.20 Å². The number of rotatable bonds is 5. The summed E-state index contributed by atoms with van der Waals surface area (Å²) in [6, 6.07) is 11.4. The van der Waals surface area contributed by atoms with Gasteiger partial charge in [0.1, 0.15) is 24.3 Å². The maximum Gasteiger partial charge on any atom is 0.407 e. The third kappa shape index (κ3) is 4.03. The molecule has 2 N–H and O–H groups in total. The van der Waals surface area contributed by atoms with Gasteiger partial charge in [-0.05, 0) is 37.3 Å². The van der Waals surface area contributed by atoms with E-state index in [1.807, 2.05) is 36.4 Å². The molecule has 0 unspecified atom stereocenters. The summed E-state index contributed by atoms with van der Waals surface area (Å²) in [5, 5.41) is 3.67. The first-order chi connectivity index (χ1) is 13.7. The van der Waals surface area contributed by atoms with Crippen molar-refractivity contribution in [2.24, 2.45) is 5.92 Å². The Morgan fingerprint density at radius 2 is 1.86 bits per heavy atom. The highest BCUT2D eigenvalue weighted by atomic mass is 16.5. The Hall–Kier alpha value is -3.22. The van der Waals surface area contributed by atoms with Crippen LogP contribution in [-0.4, -0.2) is 32.9 Å². The number of ketones is 1. The van der Waals surface area contributed by atoms with E-state index in [4.69, 9.17) is 4.74 Å². The second-order valence-corrected chi connectivity index (χ2v) is 7.08. The maximum atomic E-state index is 12.9. The number of carbonyl (C=O) groups is 2. The molecule has 7 nitrogen and oxygen atoms in total. The number of nitrogens with one attached hydrogen (secondary N) is 2. The molecule has 2 aromatic heterocycles. The average molecular weight is 378 g/mol. The van der Waals surface area contributed by atoms with Crippen molar-refractivity contribution in [2.45, 2.75) is 38.3 Å². The summed E-state index contributed by atoms with van der Waals surface area (Å²) in [7, 11) is 0. The summed E-state index contributed by atoms with van der Waals surface area (Å²) >= 11 is 0. The summed E-state index contributed by atoms with van der Waals surface area (Å²) in [6.45, 7) is 0.251. The molecule has 0 atom stereocenters. The second kappa shape index (κ2) is 8.21. The lowest BCUT2D eigenvalue weighted by atomic mass is 9.82. The van der Waals surface area contributed by atoms with Crippen molar-refractivity contribution in [3.05, 3.63) is 60.2 Å². The molecule has 1 amide bonds. The highest BCUT2D eigenvalue weighted by Gasteiger charge is 2.29. The molecule has 144 valence electrons. The van der Waals surface area contributed by atoms with E-state index in [2.05, 4.69) is 20.3 Å². The van der Waals surface area contributed by atoms with Crippen molar-refractivity contribution in [1.82, 2.24) is 20.3 Å².